The maximum absolute atomic E-state index is 11.5. The van der Waals surface area contributed by atoms with Crippen molar-refractivity contribution in [3.63, 3.8) is 0 Å². The van der Waals surface area contributed by atoms with Gasteiger partial charge in [0.05, 0.1) is 5.56 Å². The molecule has 0 radical (unpaired) electrons. The average Bonchev–Trinajstić information content (AvgIpc) is 2.30. The van der Waals surface area contributed by atoms with Crippen LogP contribution in [0.1, 0.15) is 23.7 Å². The Morgan fingerprint density at radius 1 is 1.29 bits per heavy atom. The lowest BCUT2D eigenvalue weighted by molar-refractivity contribution is -0.120. The van der Waals surface area contributed by atoms with Crippen molar-refractivity contribution in [3.05, 3.63) is 34.2 Å². The lowest BCUT2D eigenvalue weighted by Crippen LogP contribution is -2.30. The summed E-state index contributed by atoms with van der Waals surface area (Å²) < 4.78 is 0. The van der Waals surface area contributed by atoms with Gasteiger partial charge >= 0.3 is 0 Å². The molecule has 92 valence electrons. The van der Waals surface area contributed by atoms with Crippen LogP contribution in [0.2, 0.25) is 0 Å². The van der Waals surface area contributed by atoms with E-state index < -0.39 is 0 Å². The van der Waals surface area contributed by atoms with E-state index in [0.717, 1.165) is 0 Å². The van der Waals surface area contributed by atoms with Crippen LogP contribution in [0, 0.1) is 0 Å². The van der Waals surface area contributed by atoms with E-state index >= 15 is 0 Å². The third kappa shape index (κ3) is 4.50. The molecule has 3 N–H and O–H groups in total. The Hall–Kier alpha value is -2.11. The Morgan fingerprint density at radius 3 is 2.65 bits per heavy atom. The number of nitrogens with one attached hydrogen (secondary N) is 3. The molecular weight excluding hydrogens is 222 g/mol. The summed E-state index contributed by atoms with van der Waals surface area (Å²) in [5, 5.41) is 5.21. The molecule has 17 heavy (non-hydrogen) atoms. The van der Waals surface area contributed by atoms with Crippen LogP contribution in [0.5, 0.6) is 0 Å². The van der Waals surface area contributed by atoms with Crippen LogP contribution >= 0.6 is 0 Å². The molecule has 6 heteroatoms. The Kier molecular flexibility index (Phi) is 4.93. The Labute approximate surface area is 98.4 Å². The van der Waals surface area contributed by atoms with Crippen molar-refractivity contribution in [3.8, 4) is 0 Å². The normalized spacial score (nSPS) is 9.71. The van der Waals surface area contributed by atoms with Gasteiger partial charge in [0.25, 0.3) is 5.91 Å². The second kappa shape index (κ2) is 6.47. The number of aromatic nitrogens is 1. The number of rotatable bonds is 5. The van der Waals surface area contributed by atoms with E-state index in [1.807, 2.05) is 6.92 Å². The second-order valence-electron chi connectivity index (χ2n) is 3.40. The molecule has 2 amide bonds. The second-order valence-corrected chi connectivity index (χ2v) is 3.40. The van der Waals surface area contributed by atoms with Crippen molar-refractivity contribution in [2.75, 3.05) is 13.1 Å². The minimum Gasteiger partial charge on any atom is -0.356 e. The first-order valence-electron chi connectivity index (χ1n) is 5.37. The highest BCUT2D eigenvalue weighted by atomic mass is 16.2. The highest BCUT2D eigenvalue weighted by Gasteiger charge is 2.05. The van der Waals surface area contributed by atoms with Crippen molar-refractivity contribution in [2.45, 2.75) is 13.3 Å². The number of amides is 2. The molecule has 0 saturated heterocycles. The van der Waals surface area contributed by atoms with E-state index in [0.29, 0.717) is 12.1 Å². The summed E-state index contributed by atoms with van der Waals surface area (Å²) >= 11 is 0. The summed E-state index contributed by atoms with van der Waals surface area (Å²) in [5.41, 5.74) is 0.101. The molecule has 0 unspecified atom stereocenters. The molecule has 6 nitrogen and oxygen atoms in total. The van der Waals surface area contributed by atoms with E-state index in [2.05, 4.69) is 15.6 Å². The smallest absolute Gasteiger partial charge is 0.252 e. The lowest BCUT2D eigenvalue weighted by atomic mass is 10.2. The van der Waals surface area contributed by atoms with Crippen LogP contribution in [0.25, 0.3) is 0 Å². The monoisotopic (exact) mass is 237 g/mol. The number of carbonyl (C=O) groups is 2. The predicted octanol–water partition coefficient (Wildman–Crippen LogP) is -0.369. The van der Waals surface area contributed by atoms with Crippen molar-refractivity contribution < 1.29 is 9.59 Å². The van der Waals surface area contributed by atoms with Gasteiger partial charge in [0, 0.05) is 31.8 Å². The molecule has 1 rings (SSSR count). The first-order valence-corrected chi connectivity index (χ1v) is 5.37. The number of pyridine rings is 1. The first kappa shape index (κ1) is 13.0. The van der Waals surface area contributed by atoms with Crippen LogP contribution in [-0.2, 0) is 4.79 Å². The van der Waals surface area contributed by atoms with Gasteiger partial charge in [-0.2, -0.15) is 0 Å². The minimum atomic E-state index is -0.314. The summed E-state index contributed by atoms with van der Waals surface area (Å²) in [7, 11) is 0. The number of aromatic amines is 1. The third-order valence-electron chi connectivity index (χ3n) is 2.06. The summed E-state index contributed by atoms with van der Waals surface area (Å²) in [5.74, 6) is -0.417. The van der Waals surface area contributed by atoms with Gasteiger partial charge in [0.1, 0.15) is 0 Å². The number of hydrogen-bond acceptors (Lipinski definition) is 3. The van der Waals surface area contributed by atoms with E-state index in [1.165, 1.54) is 18.3 Å². The molecule has 0 bridgehead atoms. The first-order chi connectivity index (χ1) is 8.13. The zero-order chi connectivity index (χ0) is 12.7. The molecule has 0 fully saturated rings. The van der Waals surface area contributed by atoms with Gasteiger partial charge in [-0.25, -0.2) is 0 Å². The van der Waals surface area contributed by atoms with E-state index in [1.54, 1.807) is 0 Å². The molecule has 1 aromatic rings. The zero-order valence-corrected chi connectivity index (χ0v) is 9.58. The Bertz CT molecular complexity index is 433. The maximum atomic E-state index is 11.5. The van der Waals surface area contributed by atoms with Crippen LogP contribution in [0.15, 0.2) is 23.1 Å². The zero-order valence-electron chi connectivity index (χ0n) is 9.58. The van der Waals surface area contributed by atoms with E-state index in [4.69, 9.17) is 0 Å². The van der Waals surface area contributed by atoms with Crippen LogP contribution in [0.4, 0.5) is 0 Å². The molecule has 0 aromatic carbocycles. The topological polar surface area (TPSA) is 91.1 Å². The lowest BCUT2D eigenvalue weighted by Gasteiger charge is -2.04. The molecule has 0 spiro atoms. The van der Waals surface area contributed by atoms with Crippen LogP contribution in [0.3, 0.4) is 0 Å². The fraction of sp³-hybridized carbons (Fsp3) is 0.364. The van der Waals surface area contributed by atoms with Crippen LogP contribution < -0.4 is 16.2 Å². The molecule has 0 aliphatic carbocycles. The summed E-state index contributed by atoms with van der Waals surface area (Å²) in [6.45, 7) is 2.67. The maximum Gasteiger partial charge on any atom is 0.252 e. The van der Waals surface area contributed by atoms with Crippen molar-refractivity contribution in [2.24, 2.45) is 0 Å². The molecule has 0 saturated carbocycles. The van der Waals surface area contributed by atoms with Crippen molar-refractivity contribution in [1.82, 2.24) is 15.6 Å². The predicted molar refractivity (Wildman–Crippen MR) is 62.7 cm³/mol. The van der Waals surface area contributed by atoms with Crippen molar-refractivity contribution in [1.29, 1.82) is 0 Å². The Balaban J connectivity index is 2.37. The number of hydrogen-bond donors (Lipinski definition) is 3. The number of H-pyrrole nitrogens is 1. The summed E-state index contributed by atoms with van der Waals surface area (Å²) in [4.78, 5) is 35.8. The third-order valence-corrected chi connectivity index (χ3v) is 2.06. The molecule has 0 atom stereocenters. The van der Waals surface area contributed by atoms with Gasteiger partial charge in [-0.3, -0.25) is 14.4 Å². The van der Waals surface area contributed by atoms with E-state index in [9.17, 15) is 14.4 Å². The van der Waals surface area contributed by atoms with Gasteiger partial charge in [0.2, 0.25) is 11.5 Å². The van der Waals surface area contributed by atoms with Gasteiger partial charge in [-0.15, -0.1) is 0 Å². The van der Waals surface area contributed by atoms with Crippen molar-refractivity contribution >= 4 is 11.8 Å². The molecule has 0 aliphatic rings. The Morgan fingerprint density at radius 2 is 2.06 bits per heavy atom. The fourth-order valence-corrected chi connectivity index (χ4v) is 1.23. The standard InChI is InChI=1S/C11H15N3O3/c1-2-12-10(16)5-6-13-11(17)8-3-4-9(15)14-7-8/h3-4,7H,2,5-6H2,1H3,(H,12,16)(H,13,17)(H,14,15). The SMILES string of the molecule is CCNC(=O)CCNC(=O)c1ccc(=O)[nH]c1. The van der Waals surface area contributed by atoms with Gasteiger partial charge < -0.3 is 15.6 Å². The molecular formula is C11H15N3O3. The number of carbonyl (C=O) groups excluding carboxylic acids is 2. The highest BCUT2D eigenvalue weighted by Crippen LogP contribution is 1.92. The van der Waals surface area contributed by atoms with Gasteiger partial charge in [0.15, 0.2) is 0 Å². The quantitative estimate of drug-likeness (QED) is 0.652. The van der Waals surface area contributed by atoms with Gasteiger partial charge in [-0.1, -0.05) is 0 Å². The fourth-order valence-electron chi connectivity index (χ4n) is 1.23. The molecule has 1 aromatic heterocycles. The summed E-state index contributed by atoms with van der Waals surface area (Å²) in [6, 6.07) is 2.71. The van der Waals surface area contributed by atoms with Crippen LogP contribution in [-0.4, -0.2) is 29.9 Å². The van der Waals surface area contributed by atoms with Gasteiger partial charge in [-0.05, 0) is 13.0 Å². The summed E-state index contributed by atoms with van der Waals surface area (Å²) in [6.07, 6.45) is 1.58. The highest BCUT2D eigenvalue weighted by molar-refractivity contribution is 5.94. The molecule has 0 aliphatic heterocycles. The minimum absolute atomic E-state index is 0.103. The van der Waals surface area contributed by atoms with E-state index in [-0.39, 0.29) is 30.3 Å². The average molecular weight is 237 g/mol. The molecule has 1 heterocycles. The largest absolute Gasteiger partial charge is 0.356 e.